The zero-order chi connectivity index (χ0) is 8.72. The Morgan fingerprint density at radius 3 is 3.08 bits per heavy atom. The van der Waals surface area contributed by atoms with Crippen LogP contribution < -0.4 is 5.73 Å². The quantitative estimate of drug-likeness (QED) is 0.775. The minimum atomic E-state index is 0.578. The molecule has 2 N–H and O–H groups in total. The van der Waals surface area contributed by atoms with Crippen molar-refractivity contribution >= 4 is 39.0 Å². The molecular weight excluding hydrogens is 241 g/mol. The summed E-state index contributed by atoms with van der Waals surface area (Å²) in [6.07, 6.45) is 3.39. The molecule has 62 valence electrons. The molecule has 3 nitrogen and oxygen atoms in total. The molecule has 0 aliphatic heterocycles. The molecule has 0 saturated carbocycles. The van der Waals surface area contributed by atoms with Crippen molar-refractivity contribution in [1.82, 2.24) is 9.38 Å². The number of nitrogen functional groups attached to an aromatic ring is 1. The normalized spacial score (nSPS) is 10.8. The molecule has 2 aromatic heterocycles. The summed E-state index contributed by atoms with van der Waals surface area (Å²) < 4.78 is 2.55. The molecule has 2 aromatic rings. The van der Waals surface area contributed by atoms with E-state index in [2.05, 4.69) is 20.9 Å². The van der Waals surface area contributed by atoms with Crippen molar-refractivity contribution in [2.75, 3.05) is 5.73 Å². The van der Waals surface area contributed by atoms with Crippen LogP contribution in [-0.4, -0.2) is 9.38 Å². The lowest BCUT2D eigenvalue weighted by molar-refractivity contribution is 1.19. The number of aromatic nitrogens is 2. The Balaban J connectivity index is 2.93. The third-order valence-electron chi connectivity index (χ3n) is 1.60. The first-order valence-corrected chi connectivity index (χ1v) is 4.44. The van der Waals surface area contributed by atoms with Gasteiger partial charge in [-0.1, -0.05) is 11.6 Å². The number of imidazole rings is 1. The highest BCUT2D eigenvalue weighted by Gasteiger charge is 2.06. The molecular formula is C7H5BrClN3. The lowest BCUT2D eigenvalue weighted by atomic mass is 10.5. The summed E-state index contributed by atoms with van der Waals surface area (Å²) in [5, 5.41) is 0.578. The monoisotopic (exact) mass is 245 g/mol. The Morgan fingerprint density at radius 1 is 1.58 bits per heavy atom. The molecule has 0 atom stereocenters. The van der Waals surface area contributed by atoms with Gasteiger partial charge in [-0.15, -0.1) is 0 Å². The Labute approximate surface area is 82.3 Å². The van der Waals surface area contributed by atoms with E-state index in [4.69, 9.17) is 17.3 Å². The van der Waals surface area contributed by atoms with Gasteiger partial charge in [0.2, 0.25) is 0 Å². The van der Waals surface area contributed by atoms with Gasteiger partial charge in [0.05, 0.1) is 11.2 Å². The number of halogens is 2. The molecule has 0 spiro atoms. The molecule has 0 aromatic carbocycles. The lowest BCUT2D eigenvalue weighted by Gasteiger charge is -1.99. The van der Waals surface area contributed by atoms with E-state index >= 15 is 0 Å². The van der Waals surface area contributed by atoms with Crippen LogP contribution in [0.4, 0.5) is 5.82 Å². The molecule has 2 rings (SSSR count). The van der Waals surface area contributed by atoms with Crippen LogP contribution in [0.2, 0.25) is 5.02 Å². The molecule has 0 unspecified atom stereocenters. The van der Waals surface area contributed by atoms with Crippen LogP contribution in [0.1, 0.15) is 0 Å². The second-order valence-electron chi connectivity index (χ2n) is 2.35. The zero-order valence-electron chi connectivity index (χ0n) is 5.96. The first kappa shape index (κ1) is 7.89. The van der Waals surface area contributed by atoms with Crippen molar-refractivity contribution in [2.24, 2.45) is 0 Å². The third-order valence-corrected chi connectivity index (χ3v) is 2.86. The first-order valence-electron chi connectivity index (χ1n) is 3.26. The Hall–Kier alpha value is -0.740. The van der Waals surface area contributed by atoms with Gasteiger partial charge in [-0.3, -0.25) is 4.40 Å². The van der Waals surface area contributed by atoms with Crippen molar-refractivity contribution in [3.8, 4) is 0 Å². The number of nitrogens with zero attached hydrogens (tertiary/aromatic N) is 2. The number of rotatable bonds is 0. The SMILES string of the molecule is Nc1cnc2c(Cl)c(Br)ccn12. The van der Waals surface area contributed by atoms with Gasteiger partial charge in [0, 0.05) is 10.7 Å². The largest absolute Gasteiger partial charge is 0.383 e. The summed E-state index contributed by atoms with van der Waals surface area (Å²) in [4.78, 5) is 4.05. The smallest absolute Gasteiger partial charge is 0.158 e. The maximum absolute atomic E-state index is 5.95. The van der Waals surface area contributed by atoms with Gasteiger partial charge in [0.1, 0.15) is 5.82 Å². The highest BCUT2D eigenvalue weighted by atomic mass is 79.9. The van der Waals surface area contributed by atoms with E-state index in [0.717, 1.165) is 4.47 Å². The number of fused-ring (bicyclic) bond motifs is 1. The third kappa shape index (κ3) is 0.990. The van der Waals surface area contributed by atoms with E-state index in [1.54, 1.807) is 10.6 Å². The van der Waals surface area contributed by atoms with Crippen molar-refractivity contribution < 1.29 is 0 Å². The molecule has 0 bridgehead atoms. The van der Waals surface area contributed by atoms with Crippen molar-refractivity contribution in [2.45, 2.75) is 0 Å². The summed E-state index contributed by atoms with van der Waals surface area (Å²) in [5.74, 6) is 0.583. The highest BCUT2D eigenvalue weighted by molar-refractivity contribution is 9.10. The Bertz CT molecular complexity index is 437. The Kier molecular flexibility index (Phi) is 1.73. The van der Waals surface area contributed by atoms with Gasteiger partial charge in [-0.25, -0.2) is 4.98 Å². The van der Waals surface area contributed by atoms with Crippen molar-refractivity contribution in [3.63, 3.8) is 0 Å². The van der Waals surface area contributed by atoms with Crippen LogP contribution in [0, 0.1) is 0 Å². The molecule has 2 heterocycles. The van der Waals surface area contributed by atoms with E-state index in [1.807, 2.05) is 12.3 Å². The maximum Gasteiger partial charge on any atom is 0.158 e. The predicted molar refractivity (Wildman–Crippen MR) is 52.3 cm³/mol. The number of pyridine rings is 1. The van der Waals surface area contributed by atoms with E-state index in [-0.39, 0.29) is 0 Å². The summed E-state index contributed by atoms with van der Waals surface area (Å²) in [6.45, 7) is 0. The molecule has 12 heavy (non-hydrogen) atoms. The van der Waals surface area contributed by atoms with Crippen LogP contribution in [0.3, 0.4) is 0 Å². The van der Waals surface area contributed by atoms with Gasteiger partial charge >= 0.3 is 0 Å². The second-order valence-corrected chi connectivity index (χ2v) is 3.59. The van der Waals surface area contributed by atoms with E-state index in [1.165, 1.54) is 0 Å². The topological polar surface area (TPSA) is 43.3 Å². The molecule has 5 heteroatoms. The number of hydrogen-bond donors (Lipinski definition) is 1. The predicted octanol–water partition coefficient (Wildman–Crippen LogP) is 2.33. The molecule has 0 aliphatic rings. The number of hydrogen-bond acceptors (Lipinski definition) is 2. The highest BCUT2D eigenvalue weighted by Crippen LogP contribution is 2.26. The van der Waals surface area contributed by atoms with Gasteiger partial charge in [-0.05, 0) is 22.0 Å². The summed E-state index contributed by atoms with van der Waals surface area (Å²) in [7, 11) is 0. The van der Waals surface area contributed by atoms with Crippen LogP contribution in [0.5, 0.6) is 0 Å². The fourth-order valence-corrected chi connectivity index (χ4v) is 1.51. The summed E-state index contributed by atoms with van der Waals surface area (Å²) in [6, 6.07) is 1.83. The summed E-state index contributed by atoms with van der Waals surface area (Å²) in [5.41, 5.74) is 6.29. The summed E-state index contributed by atoms with van der Waals surface area (Å²) >= 11 is 9.25. The molecule has 0 saturated heterocycles. The van der Waals surface area contributed by atoms with Crippen LogP contribution in [0.15, 0.2) is 22.9 Å². The van der Waals surface area contributed by atoms with Crippen molar-refractivity contribution in [1.29, 1.82) is 0 Å². The molecule has 0 fully saturated rings. The van der Waals surface area contributed by atoms with Gasteiger partial charge in [-0.2, -0.15) is 0 Å². The maximum atomic E-state index is 5.95. The lowest BCUT2D eigenvalue weighted by Crippen LogP contribution is -1.92. The van der Waals surface area contributed by atoms with E-state index in [9.17, 15) is 0 Å². The van der Waals surface area contributed by atoms with Gasteiger partial charge in [0.15, 0.2) is 5.65 Å². The number of anilines is 1. The van der Waals surface area contributed by atoms with Gasteiger partial charge < -0.3 is 5.73 Å². The van der Waals surface area contributed by atoms with Gasteiger partial charge in [0.25, 0.3) is 0 Å². The van der Waals surface area contributed by atoms with E-state index in [0.29, 0.717) is 16.5 Å². The van der Waals surface area contributed by atoms with Crippen molar-refractivity contribution in [3.05, 3.63) is 28.0 Å². The van der Waals surface area contributed by atoms with Crippen LogP contribution in [0.25, 0.3) is 5.65 Å². The Morgan fingerprint density at radius 2 is 2.33 bits per heavy atom. The fraction of sp³-hybridized carbons (Fsp3) is 0. The first-order chi connectivity index (χ1) is 5.70. The van der Waals surface area contributed by atoms with E-state index < -0.39 is 0 Å². The second kappa shape index (κ2) is 2.64. The zero-order valence-corrected chi connectivity index (χ0v) is 8.30. The standard InChI is InChI=1S/C7H5BrClN3/c8-4-1-2-12-5(10)3-11-7(12)6(4)9/h1-3H,10H2. The minimum absolute atomic E-state index is 0.578. The number of nitrogens with two attached hydrogens (primary N) is 1. The molecule has 0 amide bonds. The molecule has 0 radical (unpaired) electrons. The average molecular weight is 246 g/mol. The van der Waals surface area contributed by atoms with Crippen LogP contribution >= 0.6 is 27.5 Å². The van der Waals surface area contributed by atoms with Crippen LogP contribution in [-0.2, 0) is 0 Å². The fourth-order valence-electron chi connectivity index (χ4n) is 1.01. The average Bonchev–Trinajstić information content (AvgIpc) is 2.41. The molecule has 0 aliphatic carbocycles. The minimum Gasteiger partial charge on any atom is -0.383 e.